The molecule has 0 bridgehead atoms. The topological polar surface area (TPSA) is 93.8 Å². The van der Waals surface area contributed by atoms with Gasteiger partial charge >= 0.3 is 5.97 Å². The molecular formula is C20H14BrN3O4. The first-order valence-electron chi connectivity index (χ1n) is 8.07. The SMILES string of the molecule is O=C(/C=C/c1ccco1)Oc1cccc(/C=N\NC(=O)c2cncc(Br)c2)c1. The van der Waals surface area contributed by atoms with Gasteiger partial charge in [-0.3, -0.25) is 9.78 Å². The fraction of sp³-hybridized carbons (Fsp3) is 0. The largest absolute Gasteiger partial charge is 0.465 e. The Morgan fingerprint density at radius 3 is 2.86 bits per heavy atom. The third kappa shape index (κ3) is 5.75. The second-order valence-corrected chi connectivity index (χ2v) is 6.35. The molecule has 3 rings (SSSR count). The van der Waals surface area contributed by atoms with Gasteiger partial charge in [0.15, 0.2) is 0 Å². The maximum absolute atomic E-state index is 12.0. The lowest BCUT2D eigenvalue weighted by Crippen LogP contribution is -2.17. The highest BCUT2D eigenvalue weighted by atomic mass is 79.9. The van der Waals surface area contributed by atoms with Gasteiger partial charge < -0.3 is 9.15 Å². The molecule has 0 aliphatic carbocycles. The van der Waals surface area contributed by atoms with Crippen LogP contribution in [0.15, 0.2) is 81.2 Å². The minimum atomic E-state index is -0.541. The zero-order chi connectivity index (χ0) is 19.8. The lowest BCUT2D eigenvalue weighted by atomic mass is 10.2. The lowest BCUT2D eigenvalue weighted by molar-refractivity contribution is -0.128. The van der Waals surface area contributed by atoms with E-state index in [0.717, 1.165) is 0 Å². The fourth-order valence-corrected chi connectivity index (χ4v) is 2.48. The maximum Gasteiger partial charge on any atom is 0.336 e. The average Bonchev–Trinajstić information content (AvgIpc) is 3.20. The summed E-state index contributed by atoms with van der Waals surface area (Å²) in [6.07, 6.45) is 8.76. The number of aromatic nitrogens is 1. The summed E-state index contributed by atoms with van der Waals surface area (Å²) in [5.41, 5.74) is 3.43. The number of nitrogens with one attached hydrogen (secondary N) is 1. The molecule has 7 nitrogen and oxygen atoms in total. The maximum atomic E-state index is 12.0. The number of pyridine rings is 1. The van der Waals surface area contributed by atoms with Gasteiger partial charge in [0, 0.05) is 22.9 Å². The van der Waals surface area contributed by atoms with E-state index in [1.54, 1.807) is 48.7 Å². The van der Waals surface area contributed by atoms with Gasteiger partial charge in [-0.15, -0.1) is 0 Å². The monoisotopic (exact) mass is 439 g/mol. The molecule has 0 fully saturated rings. The number of hydrogen-bond donors (Lipinski definition) is 1. The number of halogens is 1. The number of amides is 1. The van der Waals surface area contributed by atoms with Crippen LogP contribution in [0.4, 0.5) is 0 Å². The van der Waals surface area contributed by atoms with Crippen molar-refractivity contribution in [2.45, 2.75) is 0 Å². The van der Waals surface area contributed by atoms with E-state index in [0.29, 0.717) is 27.1 Å². The van der Waals surface area contributed by atoms with Gasteiger partial charge in [0.25, 0.3) is 5.91 Å². The van der Waals surface area contributed by atoms with Gasteiger partial charge in [-0.2, -0.15) is 5.10 Å². The first kappa shape index (κ1) is 19.2. The van der Waals surface area contributed by atoms with Crippen molar-refractivity contribution >= 4 is 40.1 Å². The van der Waals surface area contributed by atoms with E-state index in [4.69, 9.17) is 9.15 Å². The van der Waals surface area contributed by atoms with E-state index in [1.807, 2.05) is 0 Å². The third-order valence-electron chi connectivity index (χ3n) is 3.35. The fourth-order valence-electron chi connectivity index (χ4n) is 2.11. The molecule has 1 N–H and O–H groups in total. The Hall–Kier alpha value is -3.52. The molecule has 2 aromatic heterocycles. The highest BCUT2D eigenvalue weighted by molar-refractivity contribution is 9.10. The van der Waals surface area contributed by atoms with Gasteiger partial charge in [-0.05, 0) is 57.9 Å². The normalized spacial score (nSPS) is 11.0. The van der Waals surface area contributed by atoms with Crippen molar-refractivity contribution < 1.29 is 18.7 Å². The molecule has 8 heteroatoms. The number of rotatable bonds is 6. The second kappa shape index (κ2) is 9.43. The number of esters is 1. The summed E-state index contributed by atoms with van der Waals surface area (Å²) in [7, 11) is 0. The Kier molecular flexibility index (Phi) is 6.48. The molecular weight excluding hydrogens is 426 g/mol. The van der Waals surface area contributed by atoms with E-state index in [1.165, 1.54) is 30.8 Å². The third-order valence-corrected chi connectivity index (χ3v) is 3.78. The number of hydrazone groups is 1. The van der Waals surface area contributed by atoms with Gasteiger partial charge in [0.2, 0.25) is 0 Å². The van der Waals surface area contributed by atoms with Crippen LogP contribution in [0.25, 0.3) is 6.08 Å². The number of carbonyl (C=O) groups excluding carboxylic acids is 2. The Morgan fingerprint density at radius 1 is 1.18 bits per heavy atom. The van der Waals surface area contributed by atoms with Crippen LogP contribution in [0.1, 0.15) is 21.7 Å². The van der Waals surface area contributed by atoms with E-state index in [-0.39, 0.29) is 0 Å². The summed E-state index contributed by atoms with van der Waals surface area (Å²) in [4.78, 5) is 27.8. The number of nitrogens with zero attached hydrogens (tertiary/aromatic N) is 2. The molecule has 0 aliphatic heterocycles. The van der Waals surface area contributed by atoms with Gasteiger partial charge in [0.05, 0.1) is 18.0 Å². The summed E-state index contributed by atoms with van der Waals surface area (Å²) in [5, 5.41) is 3.90. The molecule has 0 aliphatic rings. The van der Waals surface area contributed by atoms with Crippen molar-refractivity contribution in [1.82, 2.24) is 10.4 Å². The molecule has 0 unspecified atom stereocenters. The first-order valence-corrected chi connectivity index (χ1v) is 8.87. The molecule has 28 heavy (non-hydrogen) atoms. The van der Waals surface area contributed by atoms with Crippen molar-refractivity contribution in [2.24, 2.45) is 5.10 Å². The van der Waals surface area contributed by atoms with Crippen LogP contribution in [0.5, 0.6) is 5.75 Å². The predicted octanol–water partition coefficient (Wildman–Crippen LogP) is 3.82. The van der Waals surface area contributed by atoms with Gasteiger partial charge in [-0.25, -0.2) is 10.2 Å². The number of benzene rings is 1. The van der Waals surface area contributed by atoms with Gasteiger partial charge in [-0.1, -0.05) is 12.1 Å². The van der Waals surface area contributed by atoms with E-state index < -0.39 is 11.9 Å². The van der Waals surface area contributed by atoms with Crippen molar-refractivity contribution in [3.63, 3.8) is 0 Å². The van der Waals surface area contributed by atoms with Crippen molar-refractivity contribution in [3.05, 3.63) is 88.6 Å². The van der Waals surface area contributed by atoms with Crippen LogP contribution in [0, 0.1) is 0 Å². The molecule has 0 saturated heterocycles. The summed E-state index contributed by atoms with van der Waals surface area (Å²) in [5.74, 6) is -0.0357. The van der Waals surface area contributed by atoms with Crippen LogP contribution < -0.4 is 10.2 Å². The quantitative estimate of drug-likeness (QED) is 0.207. The molecule has 0 atom stereocenters. The van der Waals surface area contributed by atoms with Crippen LogP contribution in [-0.4, -0.2) is 23.1 Å². The summed E-state index contributed by atoms with van der Waals surface area (Å²) in [6.45, 7) is 0. The second-order valence-electron chi connectivity index (χ2n) is 5.43. The molecule has 140 valence electrons. The summed E-state index contributed by atoms with van der Waals surface area (Å²) in [6, 6.07) is 11.8. The molecule has 2 heterocycles. The van der Waals surface area contributed by atoms with Crippen molar-refractivity contribution in [1.29, 1.82) is 0 Å². The molecule has 0 saturated carbocycles. The Bertz CT molecular complexity index is 1030. The molecule has 0 radical (unpaired) electrons. The van der Waals surface area contributed by atoms with E-state index in [9.17, 15) is 9.59 Å². The van der Waals surface area contributed by atoms with E-state index in [2.05, 4.69) is 31.4 Å². The van der Waals surface area contributed by atoms with Crippen molar-refractivity contribution in [2.75, 3.05) is 0 Å². The molecule has 3 aromatic rings. The highest BCUT2D eigenvalue weighted by Gasteiger charge is 2.05. The Labute approximate surface area is 168 Å². The van der Waals surface area contributed by atoms with Gasteiger partial charge in [0.1, 0.15) is 11.5 Å². The molecule has 0 spiro atoms. The standard InChI is InChI=1S/C20H14BrN3O4/c21-16-10-15(12-22-13-16)20(26)24-23-11-14-3-1-4-18(9-14)28-19(25)7-6-17-5-2-8-27-17/h1-13H,(H,24,26)/b7-6+,23-11-. The highest BCUT2D eigenvalue weighted by Crippen LogP contribution is 2.13. The number of ether oxygens (including phenoxy) is 1. The Balaban J connectivity index is 1.57. The zero-order valence-corrected chi connectivity index (χ0v) is 16.0. The lowest BCUT2D eigenvalue weighted by Gasteiger charge is -2.02. The number of furan rings is 1. The minimum absolute atomic E-state index is 0.348. The molecule has 1 aromatic carbocycles. The van der Waals surface area contributed by atoms with Crippen molar-refractivity contribution in [3.8, 4) is 5.75 Å². The van der Waals surface area contributed by atoms with E-state index >= 15 is 0 Å². The first-order chi connectivity index (χ1) is 13.6. The Morgan fingerprint density at radius 2 is 2.07 bits per heavy atom. The predicted molar refractivity (Wildman–Crippen MR) is 107 cm³/mol. The van der Waals surface area contributed by atoms with Crippen LogP contribution >= 0.6 is 15.9 Å². The minimum Gasteiger partial charge on any atom is -0.465 e. The molecule has 1 amide bonds. The summed E-state index contributed by atoms with van der Waals surface area (Å²) >= 11 is 3.25. The zero-order valence-electron chi connectivity index (χ0n) is 14.4. The smallest absolute Gasteiger partial charge is 0.336 e. The number of hydrogen-bond acceptors (Lipinski definition) is 6. The van der Waals surface area contributed by atoms with Crippen LogP contribution in [0.2, 0.25) is 0 Å². The van der Waals surface area contributed by atoms with Crippen LogP contribution in [0.3, 0.4) is 0 Å². The number of carbonyl (C=O) groups is 2. The van der Waals surface area contributed by atoms with Crippen LogP contribution in [-0.2, 0) is 4.79 Å². The summed E-state index contributed by atoms with van der Waals surface area (Å²) < 4.78 is 11.0. The average molecular weight is 440 g/mol.